The molecule has 21 heavy (non-hydrogen) atoms. The lowest BCUT2D eigenvalue weighted by molar-refractivity contribution is -0.121. The lowest BCUT2D eigenvalue weighted by atomic mass is 10.2. The Kier molecular flexibility index (Phi) is 4.59. The lowest BCUT2D eigenvalue weighted by Gasteiger charge is -2.03. The molecule has 2 N–H and O–H groups in total. The van der Waals surface area contributed by atoms with Gasteiger partial charge in [0, 0.05) is 16.3 Å². The summed E-state index contributed by atoms with van der Waals surface area (Å²) in [5.41, 5.74) is 4.56. The van der Waals surface area contributed by atoms with Crippen LogP contribution < -0.4 is 5.43 Å². The number of nitrogens with zero attached hydrogens (tertiary/aromatic N) is 3. The number of hydrazone groups is 1. The number of aromatic nitrogens is 2. The number of carbonyl (C=O) groups excluding carboxylic acids is 1. The van der Waals surface area contributed by atoms with Gasteiger partial charge in [-0.3, -0.25) is 9.48 Å². The van der Waals surface area contributed by atoms with E-state index >= 15 is 0 Å². The predicted molar refractivity (Wildman–Crippen MR) is 80.6 cm³/mol. The van der Waals surface area contributed by atoms with Crippen LogP contribution in [-0.4, -0.2) is 27.0 Å². The minimum atomic E-state index is -0.307. The van der Waals surface area contributed by atoms with E-state index in [1.54, 1.807) is 16.8 Å². The topological polar surface area (TPSA) is 79.5 Å². The van der Waals surface area contributed by atoms with Gasteiger partial charge in [0.2, 0.25) is 0 Å². The molecule has 1 aromatic heterocycles. The van der Waals surface area contributed by atoms with Crippen LogP contribution in [0.2, 0.25) is 5.02 Å². The van der Waals surface area contributed by atoms with Crippen molar-refractivity contribution in [3.8, 4) is 5.75 Å². The summed E-state index contributed by atoms with van der Waals surface area (Å²) in [4.78, 5) is 11.7. The van der Waals surface area contributed by atoms with Gasteiger partial charge in [0.15, 0.2) is 0 Å². The van der Waals surface area contributed by atoms with Crippen LogP contribution >= 0.6 is 11.6 Å². The van der Waals surface area contributed by atoms with Crippen LogP contribution in [0, 0.1) is 13.8 Å². The zero-order chi connectivity index (χ0) is 15.4. The highest BCUT2D eigenvalue weighted by Gasteiger charge is 2.06. The highest BCUT2D eigenvalue weighted by Crippen LogP contribution is 2.19. The molecule has 0 aliphatic carbocycles. The number of nitrogens with one attached hydrogen (secondary N) is 1. The van der Waals surface area contributed by atoms with Crippen molar-refractivity contribution in [2.45, 2.75) is 20.4 Å². The molecular formula is C14H15ClN4O2. The van der Waals surface area contributed by atoms with E-state index in [1.165, 1.54) is 12.3 Å². The number of halogens is 1. The fourth-order valence-corrected chi connectivity index (χ4v) is 1.99. The van der Waals surface area contributed by atoms with Gasteiger partial charge in [0.05, 0.1) is 11.9 Å². The number of aryl methyl sites for hydroxylation is 2. The molecule has 7 heteroatoms. The summed E-state index contributed by atoms with van der Waals surface area (Å²) >= 11 is 5.81. The van der Waals surface area contributed by atoms with Gasteiger partial charge in [-0.2, -0.15) is 10.2 Å². The summed E-state index contributed by atoms with van der Waals surface area (Å²) in [6.07, 6.45) is 1.33. The van der Waals surface area contributed by atoms with Crippen LogP contribution in [0.4, 0.5) is 0 Å². The minimum absolute atomic E-state index is 0.0379. The van der Waals surface area contributed by atoms with E-state index in [1.807, 2.05) is 19.9 Å². The van der Waals surface area contributed by atoms with Crippen LogP contribution in [0.3, 0.4) is 0 Å². The number of hydrogen-bond acceptors (Lipinski definition) is 4. The molecule has 0 aliphatic heterocycles. The van der Waals surface area contributed by atoms with E-state index in [2.05, 4.69) is 15.6 Å². The number of amides is 1. The van der Waals surface area contributed by atoms with E-state index in [4.69, 9.17) is 11.6 Å². The van der Waals surface area contributed by atoms with Crippen LogP contribution in [0.1, 0.15) is 17.0 Å². The Bertz CT molecular complexity index is 694. The Morgan fingerprint density at radius 1 is 1.48 bits per heavy atom. The number of rotatable bonds is 4. The summed E-state index contributed by atoms with van der Waals surface area (Å²) in [5.74, 6) is -0.269. The first-order valence-electron chi connectivity index (χ1n) is 6.27. The van der Waals surface area contributed by atoms with Crippen molar-refractivity contribution >= 4 is 23.7 Å². The maximum absolute atomic E-state index is 11.7. The zero-order valence-corrected chi connectivity index (χ0v) is 12.4. The molecule has 2 rings (SSSR count). The van der Waals surface area contributed by atoms with Gasteiger partial charge in [-0.25, -0.2) is 5.43 Å². The molecule has 0 saturated carbocycles. The Balaban J connectivity index is 1.96. The Labute approximate surface area is 127 Å². The van der Waals surface area contributed by atoms with Crippen molar-refractivity contribution in [1.82, 2.24) is 15.2 Å². The maximum Gasteiger partial charge on any atom is 0.261 e. The van der Waals surface area contributed by atoms with E-state index in [0.717, 1.165) is 11.4 Å². The monoisotopic (exact) mass is 306 g/mol. The summed E-state index contributed by atoms with van der Waals surface area (Å²) < 4.78 is 1.59. The van der Waals surface area contributed by atoms with Gasteiger partial charge in [-0.05, 0) is 38.1 Å². The average molecular weight is 307 g/mol. The van der Waals surface area contributed by atoms with Crippen LogP contribution in [0.5, 0.6) is 5.75 Å². The van der Waals surface area contributed by atoms with Crippen molar-refractivity contribution in [3.63, 3.8) is 0 Å². The van der Waals surface area contributed by atoms with Crippen LogP contribution in [0.25, 0.3) is 0 Å². The van der Waals surface area contributed by atoms with Crippen molar-refractivity contribution in [2.24, 2.45) is 5.10 Å². The molecule has 0 spiro atoms. The molecule has 1 aromatic carbocycles. The van der Waals surface area contributed by atoms with Gasteiger partial charge < -0.3 is 5.11 Å². The predicted octanol–water partition coefficient (Wildman–Crippen LogP) is 2.01. The number of phenols is 1. The molecule has 1 heterocycles. The molecule has 0 saturated heterocycles. The van der Waals surface area contributed by atoms with E-state index in [-0.39, 0.29) is 18.2 Å². The molecule has 0 bridgehead atoms. The number of phenolic OH excluding ortho intramolecular Hbond substituents is 1. The standard InChI is InChI=1S/C14H15ClN4O2/c1-9-5-10(2)19(18-9)8-14(21)17-16-7-11-6-12(15)3-4-13(11)20/h3-7,20H,8H2,1-2H3,(H,17,21)/b16-7+. The quantitative estimate of drug-likeness (QED) is 0.670. The fourth-order valence-electron chi connectivity index (χ4n) is 1.81. The maximum atomic E-state index is 11.7. The highest BCUT2D eigenvalue weighted by atomic mass is 35.5. The normalized spacial score (nSPS) is 11.0. The first-order valence-corrected chi connectivity index (χ1v) is 6.65. The molecule has 0 aliphatic rings. The summed E-state index contributed by atoms with van der Waals surface area (Å²) in [7, 11) is 0. The highest BCUT2D eigenvalue weighted by molar-refractivity contribution is 6.30. The number of benzene rings is 1. The largest absolute Gasteiger partial charge is 0.507 e. The lowest BCUT2D eigenvalue weighted by Crippen LogP contribution is -2.24. The Morgan fingerprint density at radius 2 is 2.24 bits per heavy atom. The van der Waals surface area contributed by atoms with Gasteiger partial charge in [-0.15, -0.1) is 0 Å². The van der Waals surface area contributed by atoms with Crippen molar-refractivity contribution in [3.05, 3.63) is 46.2 Å². The zero-order valence-electron chi connectivity index (χ0n) is 11.7. The number of carbonyl (C=O) groups is 1. The van der Waals surface area contributed by atoms with E-state index < -0.39 is 0 Å². The van der Waals surface area contributed by atoms with E-state index in [0.29, 0.717) is 10.6 Å². The van der Waals surface area contributed by atoms with Crippen molar-refractivity contribution in [1.29, 1.82) is 0 Å². The summed E-state index contributed by atoms with van der Waals surface area (Å²) in [5, 5.41) is 18.1. The Hall–Kier alpha value is -2.34. The molecule has 110 valence electrons. The third kappa shape index (κ3) is 4.06. The molecule has 2 aromatic rings. The van der Waals surface area contributed by atoms with Gasteiger partial charge in [0.1, 0.15) is 12.3 Å². The second kappa shape index (κ2) is 6.41. The number of aromatic hydroxyl groups is 1. The van der Waals surface area contributed by atoms with Crippen molar-refractivity contribution < 1.29 is 9.90 Å². The van der Waals surface area contributed by atoms with Gasteiger partial charge >= 0.3 is 0 Å². The second-order valence-electron chi connectivity index (χ2n) is 4.58. The molecule has 0 fully saturated rings. The first kappa shape index (κ1) is 15.1. The first-order chi connectivity index (χ1) is 9.95. The second-order valence-corrected chi connectivity index (χ2v) is 5.02. The molecule has 6 nitrogen and oxygen atoms in total. The van der Waals surface area contributed by atoms with Crippen LogP contribution in [-0.2, 0) is 11.3 Å². The SMILES string of the molecule is Cc1cc(C)n(CC(=O)N/N=C/c2cc(Cl)ccc2O)n1. The van der Waals surface area contributed by atoms with E-state index in [9.17, 15) is 9.90 Å². The average Bonchev–Trinajstić information content (AvgIpc) is 2.72. The van der Waals surface area contributed by atoms with Gasteiger partial charge in [-0.1, -0.05) is 11.6 Å². The molecule has 0 radical (unpaired) electrons. The smallest absolute Gasteiger partial charge is 0.261 e. The number of hydrogen-bond donors (Lipinski definition) is 2. The third-order valence-corrected chi connectivity index (χ3v) is 3.01. The van der Waals surface area contributed by atoms with Crippen LogP contribution in [0.15, 0.2) is 29.4 Å². The van der Waals surface area contributed by atoms with Gasteiger partial charge in [0.25, 0.3) is 5.91 Å². The molecule has 0 unspecified atom stereocenters. The molecule has 1 amide bonds. The molecular weight excluding hydrogens is 292 g/mol. The Morgan fingerprint density at radius 3 is 2.90 bits per heavy atom. The minimum Gasteiger partial charge on any atom is -0.507 e. The third-order valence-electron chi connectivity index (χ3n) is 2.78. The summed E-state index contributed by atoms with van der Waals surface area (Å²) in [6.45, 7) is 3.82. The van der Waals surface area contributed by atoms with Crippen molar-refractivity contribution in [2.75, 3.05) is 0 Å². The molecule has 0 atom stereocenters. The summed E-state index contributed by atoms with van der Waals surface area (Å²) in [6, 6.07) is 6.46. The fraction of sp³-hybridized carbons (Fsp3) is 0.214.